The minimum Gasteiger partial charge on any atom is -0.490 e. The highest BCUT2D eigenvalue weighted by Crippen LogP contribution is 2.35. The smallest absolute Gasteiger partial charge is 0.163 e. The van der Waals surface area contributed by atoms with Crippen LogP contribution >= 0.6 is 34.8 Å². The largest absolute Gasteiger partial charge is 0.490 e. The van der Waals surface area contributed by atoms with Gasteiger partial charge in [-0.25, -0.2) is 4.68 Å². The number of benzene rings is 2. The third kappa shape index (κ3) is 4.97. The fraction of sp³-hybridized carbons (Fsp3) is 0.222. The van der Waals surface area contributed by atoms with Crippen LogP contribution in [0.4, 0.5) is 0 Å². The van der Waals surface area contributed by atoms with Gasteiger partial charge in [0.1, 0.15) is 19.3 Å². The summed E-state index contributed by atoms with van der Waals surface area (Å²) in [6, 6.07) is 8.88. The Hall–Kier alpha value is -2.15. The van der Waals surface area contributed by atoms with Gasteiger partial charge < -0.3 is 14.9 Å². The van der Waals surface area contributed by atoms with Gasteiger partial charge in [0.05, 0.1) is 13.2 Å². The summed E-state index contributed by atoms with van der Waals surface area (Å²) in [7, 11) is 0. The van der Waals surface area contributed by atoms with Crippen molar-refractivity contribution in [3.8, 4) is 11.5 Å². The normalized spacial score (nSPS) is 10.7. The van der Waals surface area contributed by atoms with Crippen LogP contribution in [-0.4, -0.2) is 21.5 Å². The number of halogens is 3. The zero-order valence-electron chi connectivity index (χ0n) is 14.5. The zero-order chi connectivity index (χ0) is 19.2. The van der Waals surface area contributed by atoms with Gasteiger partial charge in [-0.05, 0) is 30.7 Å². The van der Waals surface area contributed by atoms with Crippen LogP contribution in [0.3, 0.4) is 0 Å². The lowest BCUT2D eigenvalue weighted by Gasteiger charge is -2.16. The molecule has 0 unspecified atom stereocenters. The van der Waals surface area contributed by atoms with Gasteiger partial charge in [-0.15, -0.1) is 10.2 Å². The number of nitrogens with zero attached hydrogens (tertiary/aromatic N) is 3. The fourth-order valence-electron chi connectivity index (χ4n) is 2.37. The molecule has 9 heteroatoms. The predicted octanol–water partition coefficient (Wildman–Crippen LogP) is 4.96. The van der Waals surface area contributed by atoms with Gasteiger partial charge in [0.2, 0.25) is 0 Å². The molecule has 1 N–H and O–H groups in total. The van der Waals surface area contributed by atoms with Crippen molar-refractivity contribution >= 4 is 34.8 Å². The molecular weight excluding hydrogens is 411 g/mol. The number of nitrogens with one attached hydrogen (secondary N) is 1. The first-order chi connectivity index (χ1) is 13.1. The molecule has 1 heterocycles. The lowest BCUT2D eigenvalue weighted by molar-refractivity contribution is 0.269. The van der Waals surface area contributed by atoms with E-state index in [-0.39, 0.29) is 6.61 Å². The minimum atomic E-state index is 0.202. The lowest BCUT2D eigenvalue weighted by atomic mass is 10.2. The van der Waals surface area contributed by atoms with Crippen LogP contribution in [-0.2, 0) is 13.2 Å². The molecule has 0 spiro atoms. The quantitative estimate of drug-likeness (QED) is 0.550. The molecule has 0 saturated carbocycles. The van der Waals surface area contributed by atoms with E-state index in [2.05, 4.69) is 15.6 Å². The number of hydrogen-bond acceptors (Lipinski definition) is 5. The molecule has 0 aliphatic carbocycles. The average molecular weight is 428 g/mol. The van der Waals surface area contributed by atoms with Crippen LogP contribution in [0.15, 0.2) is 43.0 Å². The second kappa shape index (κ2) is 9.17. The van der Waals surface area contributed by atoms with E-state index < -0.39 is 0 Å². The van der Waals surface area contributed by atoms with E-state index in [1.807, 2.05) is 13.0 Å². The van der Waals surface area contributed by atoms with Crippen LogP contribution in [0.5, 0.6) is 11.5 Å². The Morgan fingerprint density at radius 2 is 1.63 bits per heavy atom. The van der Waals surface area contributed by atoms with Crippen molar-refractivity contribution in [2.24, 2.45) is 0 Å². The van der Waals surface area contributed by atoms with E-state index >= 15 is 0 Å². The van der Waals surface area contributed by atoms with Crippen molar-refractivity contribution in [3.05, 3.63) is 69.2 Å². The Labute approximate surface area is 171 Å². The van der Waals surface area contributed by atoms with E-state index in [1.54, 1.807) is 41.6 Å². The first-order valence-corrected chi connectivity index (χ1v) is 9.31. The summed E-state index contributed by atoms with van der Waals surface area (Å²) >= 11 is 18.8. The number of ether oxygens (including phenoxy) is 2. The number of hydrogen-bond donors (Lipinski definition) is 1. The highest BCUT2D eigenvalue weighted by molar-refractivity contribution is 6.36. The van der Waals surface area contributed by atoms with Crippen molar-refractivity contribution < 1.29 is 9.47 Å². The second-order valence-electron chi connectivity index (χ2n) is 5.52. The van der Waals surface area contributed by atoms with Gasteiger partial charge in [-0.1, -0.05) is 40.9 Å². The molecule has 3 rings (SSSR count). The Balaban J connectivity index is 1.78. The molecule has 0 radical (unpaired) electrons. The monoisotopic (exact) mass is 426 g/mol. The molecule has 0 aliphatic rings. The highest BCUT2D eigenvalue weighted by Gasteiger charge is 2.13. The molecule has 0 aliphatic heterocycles. The third-order valence-corrected chi connectivity index (χ3v) is 4.78. The topological polar surface area (TPSA) is 61.2 Å². The van der Waals surface area contributed by atoms with Crippen LogP contribution in [0.1, 0.15) is 18.1 Å². The molecule has 0 saturated heterocycles. The van der Waals surface area contributed by atoms with E-state index in [9.17, 15) is 0 Å². The molecule has 3 aromatic rings. The van der Waals surface area contributed by atoms with E-state index in [0.717, 1.165) is 5.56 Å². The first-order valence-electron chi connectivity index (χ1n) is 8.18. The summed E-state index contributed by atoms with van der Waals surface area (Å²) in [5.41, 5.74) is 4.67. The summed E-state index contributed by atoms with van der Waals surface area (Å²) < 4.78 is 13.2. The van der Waals surface area contributed by atoms with Crippen LogP contribution in [0, 0.1) is 0 Å². The van der Waals surface area contributed by atoms with Gasteiger partial charge in [0.15, 0.2) is 11.5 Å². The Bertz CT molecular complexity index is 884. The predicted molar refractivity (Wildman–Crippen MR) is 107 cm³/mol. The molecule has 0 amide bonds. The maximum Gasteiger partial charge on any atom is 0.163 e. The maximum atomic E-state index is 6.42. The first kappa shape index (κ1) is 19.6. The van der Waals surface area contributed by atoms with E-state index in [0.29, 0.717) is 45.3 Å². The van der Waals surface area contributed by atoms with Gasteiger partial charge in [-0.3, -0.25) is 0 Å². The fourth-order valence-corrected chi connectivity index (χ4v) is 3.10. The molecular formula is C18H17Cl3N4O2. The van der Waals surface area contributed by atoms with Crippen LogP contribution in [0.2, 0.25) is 15.1 Å². The standard InChI is InChI=1S/C18H17Cl3N4O2/c1-2-26-17-6-12(8-24-25-10-22-23-11-25)16(21)7-18(17)27-9-13-14(19)4-3-5-15(13)20/h3-7,10-11,24H,2,8-9H2,1H3. The third-order valence-electron chi connectivity index (χ3n) is 3.72. The minimum absolute atomic E-state index is 0.202. The zero-order valence-corrected chi connectivity index (χ0v) is 16.7. The highest BCUT2D eigenvalue weighted by atomic mass is 35.5. The maximum absolute atomic E-state index is 6.42. The van der Waals surface area contributed by atoms with Gasteiger partial charge in [0, 0.05) is 26.7 Å². The molecule has 0 atom stereocenters. The molecule has 0 bridgehead atoms. The molecule has 1 aromatic heterocycles. The van der Waals surface area contributed by atoms with Crippen molar-refractivity contribution in [1.82, 2.24) is 14.9 Å². The van der Waals surface area contributed by atoms with Crippen molar-refractivity contribution in [2.75, 3.05) is 12.0 Å². The van der Waals surface area contributed by atoms with Crippen molar-refractivity contribution in [1.29, 1.82) is 0 Å². The van der Waals surface area contributed by atoms with E-state index in [4.69, 9.17) is 44.3 Å². The van der Waals surface area contributed by atoms with Gasteiger partial charge in [0.25, 0.3) is 0 Å². The molecule has 6 nitrogen and oxygen atoms in total. The summed E-state index contributed by atoms with van der Waals surface area (Å²) in [5.74, 6) is 1.11. The molecule has 2 aromatic carbocycles. The second-order valence-corrected chi connectivity index (χ2v) is 6.74. The summed E-state index contributed by atoms with van der Waals surface area (Å²) in [5, 5.41) is 9.10. The van der Waals surface area contributed by atoms with Gasteiger partial charge in [-0.2, -0.15) is 0 Å². The molecule has 0 fully saturated rings. The SMILES string of the molecule is CCOc1cc(CNn2cnnc2)c(Cl)cc1OCc1c(Cl)cccc1Cl. The van der Waals surface area contributed by atoms with Crippen LogP contribution < -0.4 is 14.9 Å². The Kier molecular flexibility index (Phi) is 6.66. The summed E-state index contributed by atoms with van der Waals surface area (Å²) in [4.78, 5) is 0. The average Bonchev–Trinajstić information content (AvgIpc) is 3.16. The van der Waals surface area contributed by atoms with Gasteiger partial charge >= 0.3 is 0 Å². The lowest BCUT2D eigenvalue weighted by Crippen LogP contribution is -2.12. The number of aromatic nitrogens is 3. The Morgan fingerprint density at radius 3 is 2.30 bits per heavy atom. The van der Waals surface area contributed by atoms with Crippen LogP contribution in [0.25, 0.3) is 0 Å². The number of rotatable bonds is 8. The Morgan fingerprint density at radius 1 is 0.963 bits per heavy atom. The molecule has 27 heavy (non-hydrogen) atoms. The van der Waals surface area contributed by atoms with Crippen molar-refractivity contribution in [3.63, 3.8) is 0 Å². The summed E-state index contributed by atoms with van der Waals surface area (Å²) in [6.07, 6.45) is 3.12. The summed E-state index contributed by atoms with van der Waals surface area (Å²) in [6.45, 7) is 3.06. The van der Waals surface area contributed by atoms with Crippen molar-refractivity contribution in [2.45, 2.75) is 20.1 Å². The van der Waals surface area contributed by atoms with E-state index in [1.165, 1.54) is 0 Å². The molecule has 142 valence electrons.